The molecule has 1 aliphatic heterocycles. The van der Waals surface area contributed by atoms with Gasteiger partial charge in [0.1, 0.15) is 0 Å². The Morgan fingerprint density at radius 2 is 2.28 bits per heavy atom. The number of nitrogens with zero attached hydrogens (tertiary/aromatic N) is 1. The van der Waals surface area contributed by atoms with Gasteiger partial charge in [-0.1, -0.05) is 6.92 Å². The number of aryl methyl sites for hydroxylation is 1. The molecule has 1 unspecified atom stereocenters. The van der Waals surface area contributed by atoms with E-state index in [1.807, 2.05) is 24.0 Å². The summed E-state index contributed by atoms with van der Waals surface area (Å²) in [6, 6.07) is 5.53. The van der Waals surface area contributed by atoms with Crippen LogP contribution < -0.4 is 11.1 Å². The van der Waals surface area contributed by atoms with Crippen LogP contribution in [0.15, 0.2) is 18.2 Å². The van der Waals surface area contributed by atoms with Crippen molar-refractivity contribution in [2.75, 3.05) is 24.1 Å². The number of hydrogen-bond acceptors (Lipinski definition) is 2. The fraction of sp³-hybridized carbons (Fsp3) is 0.500. The van der Waals surface area contributed by atoms with Crippen LogP contribution in [-0.4, -0.2) is 24.0 Å². The van der Waals surface area contributed by atoms with E-state index in [0.29, 0.717) is 5.92 Å². The lowest BCUT2D eigenvalue weighted by Gasteiger charge is -2.31. The molecule has 2 amide bonds. The topological polar surface area (TPSA) is 58.4 Å². The third-order valence-corrected chi connectivity index (χ3v) is 3.44. The van der Waals surface area contributed by atoms with E-state index in [9.17, 15) is 4.79 Å². The summed E-state index contributed by atoms with van der Waals surface area (Å²) in [4.78, 5) is 14.0. The largest absolute Gasteiger partial charge is 0.399 e. The molecule has 0 aromatic heterocycles. The van der Waals surface area contributed by atoms with Crippen molar-refractivity contribution in [1.29, 1.82) is 0 Å². The second-order valence-corrected chi connectivity index (χ2v) is 5.20. The molecule has 0 spiro atoms. The SMILES string of the molecule is Cc1cc(N)ccc1NC(=O)N1CCCC(C)C1. The van der Waals surface area contributed by atoms with Gasteiger partial charge in [0.25, 0.3) is 0 Å². The predicted molar refractivity (Wildman–Crippen MR) is 74.6 cm³/mol. The summed E-state index contributed by atoms with van der Waals surface area (Å²) < 4.78 is 0. The Kier molecular flexibility index (Phi) is 3.75. The molecule has 4 nitrogen and oxygen atoms in total. The molecule has 1 heterocycles. The van der Waals surface area contributed by atoms with Crippen molar-refractivity contribution in [2.24, 2.45) is 5.92 Å². The molecule has 2 rings (SSSR count). The first-order valence-corrected chi connectivity index (χ1v) is 6.48. The number of likely N-dealkylation sites (tertiary alicyclic amines) is 1. The highest BCUT2D eigenvalue weighted by Gasteiger charge is 2.21. The molecule has 1 atom stereocenters. The van der Waals surface area contributed by atoms with Crippen molar-refractivity contribution in [2.45, 2.75) is 26.7 Å². The highest BCUT2D eigenvalue weighted by atomic mass is 16.2. The van der Waals surface area contributed by atoms with Crippen molar-refractivity contribution in [3.05, 3.63) is 23.8 Å². The zero-order valence-corrected chi connectivity index (χ0v) is 11.1. The lowest BCUT2D eigenvalue weighted by atomic mass is 10.0. The van der Waals surface area contributed by atoms with Crippen LogP contribution in [0.1, 0.15) is 25.3 Å². The first kappa shape index (κ1) is 12.7. The fourth-order valence-corrected chi connectivity index (χ4v) is 2.40. The molecular formula is C14H21N3O. The third-order valence-electron chi connectivity index (χ3n) is 3.44. The Morgan fingerprint density at radius 1 is 1.50 bits per heavy atom. The smallest absolute Gasteiger partial charge is 0.321 e. The van der Waals surface area contributed by atoms with Gasteiger partial charge in [-0.05, 0) is 49.4 Å². The lowest BCUT2D eigenvalue weighted by Crippen LogP contribution is -2.41. The zero-order valence-electron chi connectivity index (χ0n) is 11.1. The maximum atomic E-state index is 12.1. The summed E-state index contributed by atoms with van der Waals surface area (Å²) in [5.41, 5.74) is 8.25. The van der Waals surface area contributed by atoms with E-state index < -0.39 is 0 Å². The van der Waals surface area contributed by atoms with Crippen LogP contribution in [0.3, 0.4) is 0 Å². The highest BCUT2D eigenvalue weighted by Crippen LogP contribution is 2.20. The molecule has 0 radical (unpaired) electrons. The second-order valence-electron chi connectivity index (χ2n) is 5.20. The monoisotopic (exact) mass is 247 g/mol. The van der Waals surface area contributed by atoms with Crippen LogP contribution >= 0.6 is 0 Å². The number of piperidine rings is 1. The number of carbonyl (C=O) groups excluding carboxylic acids is 1. The van der Waals surface area contributed by atoms with E-state index in [1.54, 1.807) is 6.07 Å². The van der Waals surface area contributed by atoms with Crippen molar-refractivity contribution in [3.8, 4) is 0 Å². The first-order valence-electron chi connectivity index (χ1n) is 6.48. The number of rotatable bonds is 1. The third kappa shape index (κ3) is 2.94. The Bertz CT molecular complexity index is 445. The number of amides is 2. The number of nitrogens with one attached hydrogen (secondary N) is 1. The van der Waals surface area contributed by atoms with Crippen molar-refractivity contribution < 1.29 is 4.79 Å². The summed E-state index contributed by atoms with van der Waals surface area (Å²) in [5, 5.41) is 2.96. The van der Waals surface area contributed by atoms with Crippen molar-refractivity contribution >= 4 is 17.4 Å². The number of nitrogens with two attached hydrogens (primary N) is 1. The van der Waals surface area contributed by atoms with Gasteiger partial charge in [-0.15, -0.1) is 0 Å². The van der Waals surface area contributed by atoms with Gasteiger partial charge >= 0.3 is 6.03 Å². The van der Waals surface area contributed by atoms with Crippen LogP contribution in [-0.2, 0) is 0 Å². The van der Waals surface area contributed by atoms with Gasteiger partial charge in [-0.2, -0.15) is 0 Å². The standard InChI is InChI=1S/C14H21N3O/c1-10-4-3-7-17(9-10)14(18)16-13-6-5-12(15)8-11(13)2/h5-6,8,10H,3-4,7,9,15H2,1-2H3,(H,16,18). The molecule has 1 saturated heterocycles. The van der Waals surface area contributed by atoms with Gasteiger partial charge in [-0.25, -0.2) is 4.79 Å². The molecule has 0 saturated carbocycles. The van der Waals surface area contributed by atoms with Crippen LogP contribution in [0, 0.1) is 12.8 Å². The average molecular weight is 247 g/mol. The van der Waals surface area contributed by atoms with Crippen molar-refractivity contribution in [1.82, 2.24) is 4.90 Å². The minimum atomic E-state index is -0.00517. The van der Waals surface area contributed by atoms with E-state index in [2.05, 4.69) is 12.2 Å². The van der Waals surface area contributed by atoms with Crippen LogP contribution in [0.2, 0.25) is 0 Å². The number of anilines is 2. The molecule has 0 aliphatic carbocycles. The second kappa shape index (κ2) is 5.29. The number of carbonyl (C=O) groups is 1. The van der Waals surface area contributed by atoms with Gasteiger partial charge in [-0.3, -0.25) is 0 Å². The minimum Gasteiger partial charge on any atom is -0.399 e. The molecule has 1 aromatic rings. The van der Waals surface area contributed by atoms with E-state index in [1.165, 1.54) is 6.42 Å². The summed E-state index contributed by atoms with van der Waals surface area (Å²) >= 11 is 0. The number of hydrogen-bond donors (Lipinski definition) is 2. The lowest BCUT2D eigenvalue weighted by molar-refractivity contribution is 0.182. The van der Waals surface area contributed by atoms with Crippen LogP contribution in [0.25, 0.3) is 0 Å². The van der Waals surface area contributed by atoms with E-state index in [-0.39, 0.29) is 6.03 Å². The normalized spacial score (nSPS) is 19.7. The maximum absolute atomic E-state index is 12.1. The predicted octanol–water partition coefficient (Wildman–Crippen LogP) is 2.84. The molecule has 1 aliphatic rings. The number of nitrogen functional groups attached to an aromatic ring is 1. The fourth-order valence-electron chi connectivity index (χ4n) is 2.40. The summed E-state index contributed by atoms with van der Waals surface area (Å²) in [5.74, 6) is 0.594. The molecule has 3 N–H and O–H groups in total. The van der Waals surface area contributed by atoms with Gasteiger partial charge in [0.05, 0.1) is 0 Å². The number of urea groups is 1. The molecule has 1 fully saturated rings. The highest BCUT2D eigenvalue weighted by molar-refractivity contribution is 5.90. The van der Waals surface area contributed by atoms with Crippen LogP contribution in [0.5, 0.6) is 0 Å². The molecule has 4 heteroatoms. The summed E-state index contributed by atoms with van der Waals surface area (Å²) in [6.45, 7) is 5.84. The molecule has 0 bridgehead atoms. The van der Waals surface area contributed by atoms with Gasteiger partial charge in [0.2, 0.25) is 0 Å². The van der Waals surface area contributed by atoms with E-state index in [0.717, 1.165) is 36.4 Å². The molecular weight excluding hydrogens is 226 g/mol. The summed E-state index contributed by atoms with van der Waals surface area (Å²) in [7, 11) is 0. The zero-order chi connectivity index (χ0) is 13.1. The van der Waals surface area contributed by atoms with E-state index >= 15 is 0 Å². The minimum absolute atomic E-state index is 0.00517. The number of benzene rings is 1. The quantitative estimate of drug-likeness (QED) is 0.750. The first-order chi connectivity index (χ1) is 8.56. The van der Waals surface area contributed by atoms with Crippen LogP contribution in [0.4, 0.5) is 16.2 Å². The molecule has 1 aromatic carbocycles. The van der Waals surface area contributed by atoms with Gasteiger partial charge < -0.3 is 16.0 Å². The Balaban J connectivity index is 2.02. The Hall–Kier alpha value is -1.71. The Morgan fingerprint density at radius 3 is 2.94 bits per heavy atom. The van der Waals surface area contributed by atoms with E-state index in [4.69, 9.17) is 5.73 Å². The Labute approximate surface area is 108 Å². The average Bonchev–Trinajstić information content (AvgIpc) is 2.32. The molecule has 18 heavy (non-hydrogen) atoms. The maximum Gasteiger partial charge on any atom is 0.321 e. The molecule has 98 valence electrons. The summed E-state index contributed by atoms with van der Waals surface area (Å²) in [6.07, 6.45) is 2.31. The van der Waals surface area contributed by atoms with Gasteiger partial charge in [0, 0.05) is 24.5 Å². The van der Waals surface area contributed by atoms with Gasteiger partial charge in [0.15, 0.2) is 0 Å². The van der Waals surface area contributed by atoms with Crippen molar-refractivity contribution in [3.63, 3.8) is 0 Å².